The Labute approximate surface area is 135 Å². The van der Waals surface area contributed by atoms with Crippen LogP contribution >= 0.6 is 0 Å². The molecule has 0 saturated heterocycles. The molecule has 5 nitrogen and oxygen atoms in total. The van der Waals surface area contributed by atoms with Crippen LogP contribution in [0.15, 0.2) is 41.2 Å². The Bertz CT molecular complexity index is 816. The van der Waals surface area contributed by atoms with Gasteiger partial charge in [0.2, 0.25) is 0 Å². The molecular formula is C18H21N3O2. The molecule has 0 spiro atoms. The van der Waals surface area contributed by atoms with Crippen LogP contribution in [-0.2, 0) is 6.42 Å². The molecule has 0 aliphatic heterocycles. The predicted octanol–water partition coefficient (Wildman–Crippen LogP) is 3.43. The number of hydrogen-bond donors (Lipinski definition) is 2. The summed E-state index contributed by atoms with van der Waals surface area (Å²) in [6, 6.07) is 7.59. The number of carbonyl (C=O) groups excluding carboxylic acids is 1. The van der Waals surface area contributed by atoms with Crippen LogP contribution in [0, 0.1) is 6.92 Å². The number of carbonyl (C=O) groups is 1. The maximum absolute atomic E-state index is 12.1. The number of aromatic nitrogens is 1. The van der Waals surface area contributed by atoms with Crippen LogP contribution in [0.1, 0.15) is 21.6 Å². The number of amides is 1. The van der Waals surface area contributed by atoms with E-state index >= 15 is 0 Å². The molecule has 120 valence electrons. The Morgan fingerprint density at radius 1 is 1.30 bits per heavy atom. The third-order valence-corrected chi connectivity index (χ3v) is 3.97. The highest BCUT2D eigenvalue weighted by Crippen LogP contribution is 2.26. The Balaban J connectivity index is 1.88. The van der Waals surface area contributed by atoms with Crippen molar-refractivity contribution in [3.05, 3.63) is 53.6 Å². The number of aromatic amines is 1. The average Bonchev–Trinajstić information content (AvgIpc) is 3.12. The largest absolute Gasteiger partial charge is 0.472 e. The van der Waals surface area contributed by atoms with Gasteiger partial charge in [0.1, 0.15) is 6.26 Å². The van der Waals surface area contributed by atoms with Gasteiger partial charge in [-0.3, -0.25) is 4.79 Å². The Morgan fingerprint density at radius 3 is 2.83 bits per heavy atom. The van der Waals surface area contributed by atoms with Crippen molar-refractivity contribution in [2.45, 2.75) is 13.3 Å². The van der Waals surface area contributed by atoms with Gasteiger partial charge in [-0.25, -0.2) is 0 Å². The fourth-order valence-corrected chi connectivity index (χ4v) is 2.71. The van der Waals surface area contributed by atoms with Crippen molar-refractivity contribution < 1.29 is 9.21 Å². The number of hydrogen-bond acceptors (Lipinski definition) is 3. The first kappa shape index (κ1) is 15.4. The van der Waals surface area contributed by atoms with Gasteiger partial charge in [-0.1, -0.05) is 0 Å². The first-order valence-electron chi connectivity index (χ1n) is 7.64. The van der Waals surface area contributed by atoms with E-state index in [2.05, 4.69) is 36.2 Å². The number of anilines is 1. The number of nitrogens with one attached hydrogen (secondary N) is 2. The maximum atomic E-state index is 12.1. The third kappa shape index (κ3) is 3.29. The van der Waals surface area contributed by atoms with Gasteiger partial charge in [-0.2, -0.15) is 0 Å². The maximum Gasteiger partial charge on any atom is 0.258 e. The Kier molecular flexibility index (Phi) is 4.21. The fourth-order valence-electron chi connectivity index (χ4n) is 2.71. The highest BCUT2D eigenvalue weighted by molar-refractivity contribution is 6.05. The molecule has 3 rings (SSSR count). The van der Waals surface area contributed by atoms with Crippen LogP contribution in [0.25, 0.3) is 10.9 Å². The molecule has 1 amide bonds. The molecule has 0 unspecified atom stereocenters. The number of aryl methyl sites for hydroxylation is 1. The number of rotatable bonds is 5. The number of furan rings is 1. The average molecular weight is 311 g/mol. The summed E-state index contributed by atoms with van der Waals surface area (Å²) >= 11 is 0. The molecule has 2 heterocycles. The third-order valence-electron chi connectivity index (χ3n) is 3.97. The number of H-pyrrole nitrogens is 1. The van der Waals surface area contributed by atoms with Crippen molar-refractivity contribution in [3.63, 3.8) is 0 Å². The van der Waals surface area contributed by atoms with Crippen molar-refractivity contribution in [3.8, 4) is 0 Å². The van der Waals surface area contributed by atoms with Crippen LogP contribution in [0.2, 0.25) is 0 Å². The summed E-state index contributed by atoms with van der Waals surface area (Å²) in [5, 5.41) is 4.08. The lowest BCUT2D eigenvalue weighted by Gasteiger charge is -2.10. The van der Waals surface area contributed by atoms with E-state index in [1.54, 1.807) is 6.07 Å². The molecule has 0 saturated carbocycles. The quantitative estimate of drug-likeness (QED) is 0.759. The standard InChI is InChI=1S/C18H21N3O2/c1-12-15(6-8-21(2)3)16-10-14(4-5-17(16)19-12)20-18(22)13-7-9-23-11-13/h4-5,7,9-11,19H,6,8H2,1-3H3,(H,20,22). The summed E-state index contributed by atoms with van der Waals surface area (Å²) in [4.78, 5) is 17.7. The van der Waals surface area contributed by atoms with Gasteiger partial charge in [-0.15, -0.1) is 0 Å². The van der Waals surface area contributed by atoms with E-state index in [1.807, 2.05) is 18.2 Å². The lowest BCUT2D eigenvalue weighted by Crippen LogP contribution is -2.15. The lowest BCUT2D eigenvalue weighted by molar-refractivity contribution is 0.102. The first-order valence-corrected chi connectivity index (χ1v) is 7.64. The summed E-state index contributed by atoms with van der Waals surface area (Å²) in [6.45, 7) is 3.08. The highest BCUT2D eigenvalue weighted by Gasteiger charge is 2.11. The zero-order valence-electron chi connectivity index (χ0n) is 13.6. The topological polar surface area (TPSA) is 61.3 Å². The minimum Gasteiger partial charge on any atom is -0.472 e. The molecular weight excluding hydrogens is 290 g/mol. The van der Waals surface area contributed by atoms with Crippen LogP contribution in [0.3, 0.4) is 0 Å². The molecule has 0 fully saturated rings. The number of likely N-dealkylation sites (N-methyl/N-ethyl adjacent to an activating group) is 1. The van der Waals surface area contributed by atoms with E-state index in [0.29, 0.717) is 5.56 Å². The van der Waals surface area contributed by atoms with E-state index in [-0.39, 0.29) is 5.91 Å². The molecule has 23 heavy (non-hydrogen) atoms. The van der Waals surface area contributed by atoms with Crippen molar-refractivity contribution in [2.24, 2.45) is 0 Å². The summed E-state index contributed by atoms with van der Waals surface area (Å²) in [5.41, 5.74) is 4.88. The molecule has 0 atom stereocenters. The zero-order chi connectivity index (χ0) is 16.4. The second kappa shape index (κ2) is 6.30. The molecule has 0 aliphatic carbocycles. The summed E-state index contributed by atoms with van der Waals surface area (Å²) < 4.78 is 4.95. The SMILES string of the molecule is Cc1[nH]c2ccc(NC(=O)c3ccoc3)cc2c1CCN(C)C. The lowest BCUT2D eigenvalue weighted by atomic mass is 10.1. The van der Waals surface area contributed by atoms with E-state index < -0.39 is 0 Å². The smallest absolute Gasteiger partial charge is 0.258 e. The summed E-state index contributed by atoms with van der Waals surface area (Å²) in [7, 11) is 4.14. The predicted molar refractivity (Wildman–Crippen MR) is 92.0 cm³/mol. The second-order valence-electron chi connectivity index (χ2n) is 6.01. The molecule has 0 radical (unpaired) electrons. The van der Waals surface area contributed by atoms with E-state index in [0.717, 1.165) is 29.6 Å². The van der Waals surface area contributed by atoms with Crippen LogP contribution < -0.4 is 5.32 Å². The molecule has 1 aromatic carbocycles. The van der Waals surface area contributed by atoms with Crippen molar-refractivity contribution in [2.75, 3.05) is 26.0 Å². The van der Waals surface area contributed by atoms with Crippen LogP contribution in [0.4, 0.5) is 5.69 Å². The monoisotopic (exact) mass is 311 g/mol. The first-order chi connectivity index (χ1) is 11.0. The molecule has 0 aliphatic rings. The number of benzene rings is 1. The molecule has 3 aromatic rings. The van der Waals surface area contributed by atoms with Gasteiger partial charge in [0.05, 0.1) is 11.8 Å². The second-order valence-corrected chi connectivity index (χ2v) is 6.01. The van der Waals surface area contributed by atoms with Crippen molar-refractivity contribution in [1.29, 1.82) is 0 Å². The minimum atomic E-state index is -0.166. The number of fused-ring (bicyclic) bond motifs is 1. The van der Waals surface area contributed by atoms with Crippen LogP contribution in [0.5, 0.6) is 0 Å². The van der Waals surface area contributed by atoms with Gasteiger partial charge in [0.15, 0.2) is 0 Å². The zero-order valence-corrected chi connectivity index (χ0v) is 13.6. The van der Waals surface area contributed by atoms with Gasteiger partial charge in [0.25, 0.3) is 5.91 Å². The molecule has 2 aromatic heterocycles. The summed E-state index contributed by atoms with van der Waals surface area (Å²) in [5.74, 6) is -0.166. The highest BCUT2D eigenvalue weighted by atomic mass is 16.3. The van der Waals surface area contributed by atoms with E-state index in [4.69, 9.17) is 4.42 Å². The van der Waals surface area contributed by atoms with Gasteiger partial charge in [0, 0.05) is 28.8 Å². The van der Waals surface area contributed by atoms with Crippen molar-refractivity contribution >= 4 is 22.5 Å². The van der Waals surface area contributed by atoms with Crippen molar-refractivity contribution in [1.82, 2.24) is 9.88 Å². The Morgan fingerprint density at radius 2 is 2.13 bits per heavy atom. The fraction of sp³-hybridized carbons (Fsp3) is 0.278. The summed E-state index contributed by atoms with van der Waals surface area (Å²) in [6.07, 6.45) is 3.90. The van der Waals surface area contributed by atoms with Gasteiger partial charge < -0.3 is 19.6 Å². The molecule has 2 N–H and O–H groups in total. The Hall–Kier alpha value is -2.53. The van der Waals surface area contributed by atoms with E-state index in [1.165, 1.54) is 23.8 Å². The number of nitrogens with zero attached hydrogens (tertiary/aromatic N) is 1. The molecule has 0 bridgehead atoms. The van der Waals surface area contributed by atoms with E-state index in [9.17, 15) is 4.79 Å². The minimum absolute atomic E-state index is 0.166. The molecule has 5 heteroatoms. The van der Waals surface area contributed by atoms with Crippen LogP contribution in [-0.4, -0.2) is 36.4 Å². The van der Waals surface area contributed by atoms with Gasteiger partial charge >= 0.3 is 0 Å². The van der Waals surface area contributed by atoms with Gasteiger partial charge in [-0.05, 0) is 57.3 Å². The normalized spacial score (nSPS) is 11.3.